The fourth-order valence-electron chi connectivity index (χ4n) is 4.98. The fourth-order valence-corrected chi connectivity index (χ4v) is 4.98. The summed E-state index contributed by atoms with van der Waals surface area (Å²) in [6.07, 6.45) is 2.04. The van der Waals surface area contributed by atoms with Gasteiger partial charge in [-0.2, -0.15) is 0 Å². The molecule has 0 radical (unpaired) electrons. The summed E-state index contributed by atoms with van der Waals surface area (Å²) in [5.74, 6) is 3.06. The maximum Gasteiger partial charge on any atom is 0.231 e. The molecule has 3 heterocycles. The lowest BCUT2D eigenvalue weighted by Gasteiger charge is -2.38. The molecule has 3 aliphatic rings. The number of amides is 1. The number of carbonyl (C=O) groups excluding carboxylic acids is 1. The Bertz CT molecular complexity index is 657. The molecule has 2 atom stereocenters. The second-order valence-corrected chi connectivity index (χ2v) is 8.40. The Morgan fingerprint density at radius 1 is 1.22 bits per heavy atom. The number of nitrogens with zero attached hydrogens (tertiary/aromatic N) is 2. The summed E-state index contributed by atoms with van der Waals surface area (Å²) in [6, 6.07) is 7.72. The molecule has 1 aromatic carbocycles. The van der Waals surface area contributed by atoms with Gasteiger partial charge >= 0.3 is 0 Å². The summed E-state index contributed by atoms with van der Waals surface area (Å²) in [5, 5.41) is 3.46. The molecule has 4 rings (SSSR count). The molecule has 1 N–H and O–H groups in total. The smallest absolute Gasteiger partial charge is 0.231 e. The predicted molar refractivity (Wildman–Crippen MR) is 104 cm³/mol. The summed E-state index contributed by atoms with van der Waals surface area (Å²) in [6.45, 7) is 6.16. The van der Waals surface area contributed by atoms with Crippen molar-refractivity contribution < 1.29 is 14.3 Å². The van der Waals surface area contributed by atoms with Gasteiger partial charge in [0, 0.05) is 45.2 Å². The minimum absolute atomic E-state index is 0.193. The van der Waals surface area contributed by atoms with E-state index in [1.165, 1.54) is 0 Å². The predicted octanol–water partition coefficient (Wildman–Crippen LogP) is 1.46. The minimum atomic E-state index is -0.193. The van der Waals surface area contributed by atoms with Gasteiger partial charge in [0.2, 0.25) is 5.91 Å². The number of piperidine rings is 1. The molecule has 1 amide bonds. The number of likely N-dealkylation sites (tertiary alicyclic amines) is 2. The van der Waals surface area contributed by atoms with E-state index in [4.69, 9.17) is 9.47 Å². The van der Waals surface area contributed by atoms with Crippen LogP contribution < -0.4 is 14.8 Å². The molecule has 3 aliphatic heterocycles. The van der Waals surface area contributed by atoms with Gasteiger partial charge in [0.1, 0.15) is 11.5 Å². The van der Waals surface area contributed by atoms with E-state index >= 15 is 0 Å². The number of methoxy groups -OCH3 is 1. The zero-order valence-corrected chi connectivity index (χ0v) is 16.4. The number of nitrogens with one attached hydrogen (secondary N) is 1. The molecule has 0 aromatic heterocycles. The lowest BCUT2D eigenvalue weighted by molar-refractivity contribution is -0.143. The Labute approximate surface area is 161 Å². The van der Waals surface area contributed by atoms with Gasteiger partial charge < -0.3 is 24.6 Å². The summed E-state index contributed by atoms with van der Waals surface area (Å²) in [4.78, 5) is 17.7. The third-order valence-electron chi connectivity index (χ3n) is 6.57. The van der Waals surface area contributed by atoms with E-state index in [2.05, 4.69) is 22.2 Å². The van der Waals surface area contributed by atoms with Crippen LogP contribution in [-0.4, -0.2) is 75.7 Å². The largest absolute Gasteiger partial charge is 0.497 e. The van der Waals surface area contributed by atoms with Crippen LogP contribution in [0.25, 0.3) is 0 Å². The normalized spacial score (nSPS) is 29.0. The first-order chi connectivity index (χ1) is 13.1. The zero-order chi connectivity index (χ0) is 18.9. The summed E-state index contributed by atoms with van der Waals surface area (Å²) in [7, 11) is 3.80. The maximum atomic E-state index is 13.3. The lowest BCUT2D eigenvalue weighted by Crippen LogP contribution is -2.51. The molecular formula is C21H31N3O3. The van der Waals surface area contributed by atoms with Crippen LogP contribution in [0.4, 0.5) is 0 Å². The number of benzene rings is 1. The second-order valence-electron chi connectivity index (χ2n) is 8.40. The zero-order valence-electron chi connectivity index (χ0n) is 16.4. The molecule has 3 saturated heterocycles. The van der Waals surface area contributed by atoms with E-state index in [-0.39, 0.29) is 5.41 Å². The molecule has 0 saturated carbocycles. The molecule has 6 heteroatoms. The van der Waals surface area contributed by atoms with Gasteiger partial charge in [0.05, 0.1) is 19.1 Å². The average Bonchev–Trinajstić information content (AvgIpc) is 3.23. The number of fused-ring (bicyclic) bond motifs is 1. The van der Waals surface area contributed by atoms with Crippen molar-refractivity contribution in [2.75, 3.05) is 60.0 Å². The van der Waals surface area contributed by atoms with Gasteiger partial charge in [0.15, 0.2) is 0 Å². The Morgan fingerprint density at radius 2 is 1.93 bits per heavy atom. The molecule has 6 nitrogen and oxygen atoms in total. The minimum Gasteiger partial charge on any atom is -0.497 e. The Kier molecular flexibility index (Phi) is 5.28. The van der Waals surface area contributed by atoms with E-state index in [0.717, 1.165) is 63.6 Å². The standard InChI is InChI=1S/C21H31N3O3/c1-23-12-17-11-22-14-21(17,15-23)20(25)24-9-7-16(8-10-24)13-27-19-5-3-18(26-2)4-6-19/h3-6,16-17,22H,7-15H2,1-2H3/t17-,21-/m0/s1. The summed E-state index contributed by atoms with van der Waals surface area (Å²) < 4.78 is 11.1. The molecule has 27 heavy (non-hydrogen) atoms. The van der Waals surface area contributed by atoms with Crippen molar-refractivity contribution in [1.82, 2.24) is 15.1 Å². The fraction of sp³-hybridized carbons (Fsp3) is 0.667. The highest BCUT2D eigenvalue weighted by Gasteiger charge is 2.55. The highest BCUT2D eigenvalue weighted by Crippen LogP contribution is 2.40. The quantitative estimate of drug-likeness (QED) is 0.847. The Balaban J connectivity index is 1.28. The van der Waals surface area contributed by atoms with Crippen LogP contribution in [0.2, 0.25) is 0 Å². The molecule has 3 fully saturated rings. The number of ether oxygens (including phenoxy) is 2. The third kappa shape index (κ3) is 3.65. The van der Waals surface area contributed by atoms with Crippen LogP contribution in [-0.2, 0) is 4.79 Å². The number of hydrogen-bond donors (Lipinski definition) is 1. The molecule has 1 aromatic rings. The van der Waals surface area contributed by atoms with Crippen molar-refractivity contribution in [2.24, 2.45) is 17.3 Å². The van der Waals surface area contributed by atoms with Gasteiger partial charge in [-0.15, -0.1) is 0 Å². The van der Waals surface area contributed by atoms with E-state index in [1.54, 1.807) is 7.11 Å². The van der Waals surface area contributed by atoms with Crippen molar-refractivity contribution in [3.05, 3.63) is 24.3 Å². The topological polar surface area (TPSA) is 54.0 Å². The highest BCUT2D eigenvalue weighted by molar-refractivity contribution is 5.84. The first-order valence-corrected chi connectivity index (χ1v) is 10.1. The van der Waals surface area contributed by atoms with Gasteiger partial charge in [0.25, 0.3) is 0 Å². The van der Waals surface area contributed by atoms with Crippen LogP contribution in [0, 0.1) is 17.3 Å². The second kappa shape index (κ2) is 7.68. The van der Waals surface area contributed by atoms with Crippen LogP contribution in [0.5, 0.6) is 11.5 Å². The SMILES string of the molecule is COc1ccc(OCC2CCN(C(=O)[C@]34CNC[C@H]3CN(C)C4)CC2)cc1. The molecule has 0 spiro atoms. The molecule has 0 unspecified atom stereocenters. The van der Waals surface area contributed by atoms with Crippen molar-refractivity contribution in [2.45, 2.75) is 12.8 Å². The van der Waals surface area contributed by atoms with E-state index in [9.17, 15) is 4.79 Å². The van der Waals surface area contributed by atoms with Crippen molar-refractivity contribution in [1.29, 1.82) is 0 Å². The lowest BCUT2D eigenvalue weighted by atomic mass is 9.79. The van der Waals surface area contributed by atoms with Crippen LogP contribution in [0.1, 0.15) is 12.8 Å². The molecule has 0 aliphatic carbocycles. The molecule has 0 bridgehead atoms. The third-order valence-corrected chi connectivity index (χ3v) is 6.57. The molecule has 148 valence electrons. The summed E-state index contributed by atoms with van der Waals surface area (Å²) in [5.41, 5.74) is -0.193. The number of rotatable bonds is 5. The van der Waals surface area contributed by atoms with E-state index in [0.29, 0.717) is 24.3 Å². The number of hydrogen-bond acceptors (Lipinski definition) is 5. The van der Waals surface area contributed by atoms with E-state index in [1.807, 2.05) is 24.3 Å². The summed E-state index contributed by atoms with van der Waals surface area (Å²) >= 11 is 0. The van der Waals surface area contributed by atoms with Crippen molar-refractivity contribution >= 4 is 5.91 Å². The first-order valence-electron chi connectivity index (χ1n) is 10.1. The van der Waals surface area contributed by atoms with Gasteiger partial charge in [-0.3, -0.25) is 4.79 Å². The van der Waals surface area contributed by atoms with E-state index < -0.39 is 0 Å². The van der Waals surface area contributed by atoms with Gasteiger partial charge in [-0.05, 0) is 50.1 Å². The van der Waals surface area contributed by atoms with Crippen molar-refractivity contribution in [3.8, 4) is 11.5 Å². The van der Waals surface area contributed by atoms with Gasteiger partial charge in [-0.25, -0.2) is 0 Å². The average molecular weight is 373 g/mol. The van der Waals surface area contributed by atoms with Crippen LogP contribution in [0.3, 0.4) is 0 Å². The van der Waals surface area contributed by atoms with Gasteiger partial charge in [-0.1, -0.05) is 0 Å². The monoisotopic (exact) mass is 373 g/mol. The molecular weight excluding hydrogens is 342 g/mol. The van der Waals surface area contributed by atoms with Crippen LogP contribution in [0.15, 0.2) is 24.3 Å². The Morgan fingerprint density at radius 3 is 2.63 bits per heavy atom. The van der Waals surface area contributed by atoms with Crippen LogP contribution >= 0.6 is 0 Å². The van der Waals surface area contributed by atoms with Crippen molar-refractivity contribution in [3.63, 3.8) is 0 Å². The first kappa shape index (κ1) is 18.6. The number of carbonyl (C=O) groups is 1. The maximum absolute atomic E-state index is 13.3. The highest BCUT2D eigenvalue weighted by atomic mass is 16.5. The Hall–Kier alpha value is -1.79.